The molecule has 2 aliphatic rings. The van der Waals surface area contributed by atoms with E-state index < -0.39 is 12.5 Å². The molecule has 0 aliphatic heterocycles. The van der Waals surface area contributed by atoms with Crippen LogP contribution in [0.5, 0.6) is 11.5 Å². The predicted molar refractivity (Wildman–Crippen MR) is 123 cm³/mol. The number of hydrogen-bond acceptors (Lipinski definition) is 3. The lowest BCUT2D eigenvalue weighted by Crippen LogP contribution is -2.30. The van der Waals surface area contributed by atoms with E-state index in [0.717, 1.165) is 49.7 Å². The molecule has 1 unspecified atom stereocenters. The van der Waals surface area contributed by atoms with Crippen molar-refractivity contribution in [3.05, 3.63) is 24.3 Å². The maximum atomic E-state index is 13.0. The summed E-state index contributed by atoms with van der Waals surface area (Å²) in [5.74, 6) is 1.88. The molecular weight excluding hydrogens is 448 g/mol. The van der Waals surface area contributed by atoms with Crippen molar-refractivity contribution >= 4 is 5.97 Å². The number of ether oxygens (including phenoxy) is 2. The first-order chi connectivity index (χ1) is 16.3. The van der Waals surface area contributed by atoms with E-state index in [-0.39, 0.29) is 23.4 Å². The molecule has 3 nitrogen and oxygen atoms in total. The summed E-state index contributed by atoms with van der Waals surface area (Å²) in [7, 11) is 0. The number of carbonyl (C=O) groups is 1. The average Bonchev–Trinajstić information content (AvgIpc) is 2.83. The van der Waals surface area contributed by atoms with Crippen molar-refractivity contribution in [2.24, 2.45) is 23.7 Å². The van der Waals surface area contributed by atoms with Gasteiger partial charge in [-0.25, -0.2) is 0 Å². The Kier molecular flexibility index (Phi) is 10.1. The summed E-state index contributed by atoms with van der Waals surface area (Å²) >= 11 is 0. The average molecular weight is 487 g/mol. The Morgan fingerprint density at radius 1 is 0.882 bits per heavy atom. The Hall–Kier alpha value is -1.79. The quantitative estimate of drug-likeness (QED) is 0.144. The van der Waals surface area contributed by atoms with Crippen LogP contribution in [0.3, 0.4) is 0 Å². The Balaban J connectivity index is 1.36. The minimum Gasteiger partial charge on any atom is -0.452 e. The van der Waals surface area contributed by atoms with E-state index in [4.69, 9.17) is 4.74 Å². The van der Waals surface area contributed by atoms with Crippen LogP contribution in [-0.4, -0.2) is 18.5 Å². The van der Waals surface area contributed by atoms with Gasteiger partial charge in [-0.05, 0) is 80.5 Å². The predicted octanol–water partition coefficient (Wildman–Crippen LogP) is 8.41. The Morgan fingerprint density at radius 2 is 1.44 bits per heavy atom. The van der Waals surface area contributed by atoms with Gasteiger partial charge in [0.05, 0.1) is 5.92 Å². The van der Waals surface area contributed by atoms with Crippen LogP contribution in [-0.2, 0) is 4.79 Å². The van der Waals surface area contributed by atoms with Crippen LogP contribution >= 0.6 is 0 Å². The highest BCUT2D eigenvalue weighted by Crippen LogP contribution is 2.42. The largest absolute Gasteiger partial charge is 0.457 e. The molecular formula is C27H38F4O3. The molecule has 1 aromatic carbocycles. The van der Waals surface area contributed by atoms with Gasteiger partial charge in [0, 0.05) is 0 Å². The number of esters is 1. The Morgan fingerprint density at radius 3 is 2.00 bits per heavy atom. The summed E-state index contributed by atoms with van der Waals surface area (Å²) in [6.45, 7) is 2.25. The monoisotopic (exact) mass is 486 g/mol. The van der Waals surface area contributed by atoms with Gasteiger partial charge in [0.25, 0.3) is 0 Å². The Labute approximate surface area is 200 Å². The van der Waals surface area contributed by atoms with Crippen LogP contribution in [0, 0.1) is 23.7 Å². The lowest BCUT2D eigenvalue weighted by molar-refractivity contribution is -0.236. The van der Waals surface area contributed by atoms with Crippen molar-refractivity contribution in [2.75, 3.05) is 0 Å². The van der Waals surface area contributed by atoms with Crippen molar-refractivity contribution in [1.82, 2.24) is 0 Å². The molecule has 0 spiro atoms. The van der Waals surface area contributed by atoms with Crippen LogP contribution in [0.15, 0.2) is 24.3 Å². The zero-order valence-corrected chi connectivity index (χ0v) is 20.1. The number of carbonyl (C=O) groups excluding carboxylic acids is 1. The van der Waals surface area contributed by atoms with Crippen molar-refractivity contribution in [3.8, 4) is 11.5 Å². The maximum absolute atomic E-state index is 13.0. The van der Waals surface area contributed by atoms with Crippen LogP contribution in [0.4, 0.5) is 17.6 Å². The van der Waals surface area contributed by atoms with E-state index in [9.17, 15) is 22.4 Å². The summed E-state index contributed by atoms with van der Waals surface area (Å²) < 4.78 is 59.4. The summed E-state index contributed by atoms with van der Waals surface area (Å²) in [6, 6.07) is 4.97. The minimum atomic E-state index is -5.09. The van der Waals surface area contributed by atoms with Crippen molar-refractivity contribution in [1.29, 1.82) is 0 Å². The fourth-order valence-electron chi connectivity index (χ4n) is 5.61. The molecule has 0 heterocycles. The van der Waals surface area contributed by atoms with Crippen LogP contribution in [0.25, 0.3) is 0 Å². The molecule has 0 radical (unpaired) electrons. The van der Waals surface area contributed by atoms with E-state index in [2.05, 4.69) is 11.7 Å². The van der Waals surface area contributed by atoms with Gasteiger partial charge in [0.15, 0.2) is 0 Å². The highest BCUT2D eigenvalue weighted by molar-refractivity contribution is 5.75. The highest BCUT2D eigenvalue weighted by atomic mass is 19.4. The molecule has 0 amide bonds. The number of halogens is 4. The first-order valence-corrected chi connectivity index (χ1v) is 13.0. The van der Waals surface area contributed by atoms with Gasteiger partial charge in [0.2, 0.25) is 0 Å². The molecule has 192 valence electrons. The third kappa shape index (κ3) is 8.16. The van der Waals surface area contributed by atoms with Crippen molar-refractivity contribution in [2.45, 2.75) is 103 Å². The molecule has 0 aromatic heterocycles. The van der Waals surface area contributed by atoms with Gasteiger partial charge < -0.3 is 9.47 Å². The topological polar surface area (TPSA) is 35.5 Å². The maximum Gasteiger partial charge on any atom is 0.457 e. The molecule has 0 bridgehead atoms. The van der Waals surface area contributed by atoms with Gasteiger partial charge in [-0.1, -0.05) is 51.9 Å². The summed E-state index contributed by atoms with van der Waals surface area (Å²) in [6.07, 6.45) is 7.36. The van der Waals surface area contributed by atoms with Crippen molar-refractivity contribution in [3.63, 3.8) is 0 Å². The summed E-state index contributed by atoms with van der Waals surface area (Å²) in [4.78, 5) is 12.6. The van der Waals surface area contributed by atoms with Gasteiger partial charge in [0.1, 0.15) is 11.5 Å². The van der Waals surface area contributed by atoms with Gasteiger partial charge in [-0.3, -0.25) is 4.79 Å². The smallest absolute Gasteiger partial charge is 0.452 e. The molecule has 2 saturated carbocycles. The second-order valence-electron chi connectivity index (χ2n) is 10.1. The minimum absolute atomic E-state index is 0.150. The first-order valence-electron chi connectivity index (χ1n) is 13.0. The summed E-state index contributed by atoms with van der Waals surface area (Å²) in [5.41, 5.74) is 0. The van der Waals surface area contributed by atoms with Gasteiger partial charge in [-0.2, -0.15) is 17.6 Å². The standard InChI is InChI=1S/C27H38F4O3/c1-2-3-4-5-6-19-7-9-20(10-8-19)21-11-13-22(14-12-21)25(32)33-23-15-17-24(18-16-23)34-26(28)27(29,30)31/h15-22,26H,2-14H2,1H3. The second-order valence-corrected chi connectivity index (χ2v) is 10.1. The van der Waals surface area contributed by atoms with E-state index in [1.807, 2.05) is 0 Å². The highest BCUT2D eigenvalue weighted by Gasteiger charge is 2.42. The number of hydrogen-bond donors (Lipinski definition) is 0. The van der Waals surface area contributed by atoms with Gasteiger partial charge in [-0.15, -0.1) is 0 Å². The van der Waals surface area contributed by atoms with E-state index in [1.165, 1.54) is 69.9 Å². The van der Waals surface area contributed by atoms with E-state index in [0.29, 0.717) is 5.92 Å². The molecule has 0 saturated heterocycles. The molecule has 1 aromatic rings. The second kappa shape index (κ2) is 12.8. The molecule has 0 N–H and O–H groups in total. The molecule has 1 atom stereocenters. The number of alkyl halides is 4. The van der Waals surface area contributed by atoms with E-state index in [1.54, 1.807) is 0 Å². The third-order valence-electron chi connectivity index (χ3n) is 7.67. The molecule has 34 heavy (non-hydrogen) atoms. The number of unbranched alkanes of at least 4 members (excludes halogenated alkanes) is 3. The zero-order valence-electron chi connectivity index (χ0n) is 20.1. The lowest BCUT2D eigenvalue weighted by Gasteiger charge is -2.37. The van der Waals surface area contributed by atoms with Gasteiger partial charge >= 0.3 is 18.5 Å². The molecule has 7 heteroatoms. The molecule has 3 rings (SSSR count). The third-order valence-corrected chi connectivity index (χ3v) is 7.67. The fraction of sp³-hybridized carbons (Fsp3) is 0.741. The van der Waals surface area contributed by atoms with Crippen LogP contribution < -0.4 is 9.47 Å². The van der Waals surface area contributed by atoms with E-state index >= 15 is 0 Å². The SMILES string of the molecule is CCCCCCC1CCC(C2CCC(C(=O)Oc3ccc(OC(F)C(F)(F)F)cc3)CC2)CC1. The first kappa shape index (κ1) is 26.8. The Bertz CT molecular complexity index is 733. The lowest BCUT2D eigenvalue weighted by atomic mass is 9.68. The number of rotatable bonds is 10. The van der Waals surface area contributed by atoms with Crippen molar-refractivity contribution < 1.29 is 31.8 Å². The molecule has 2 fully saturated rings. The normalized spacial score (nSPS) is 26.6. The zero-order chi connectivity index (χ0) is 24.6. The molecule has 2 aliphatic carbocycles. The fourth-order valence-corrected chi connectivity index (χ4v) is 5.61. The van der Waals surface area contributed by atoms with Crippen LogP contribution in [0.2, 0.25) is 0 Å². The number of benzene rings is 1. The van der Waals surface area contributed by atoms with Crippen LogP contribution in [0.1, 0.15) is 90.4 Å². The summed E-state index contributed by atoms with van der Waals surface area (Å²) in [5, 5.41) is 0.